The van der Waals surface area contributed by atoms with Gasteiger partial charge in [0.25, 0.3) is 5.91 Å². The van der Waals surface area contributed by atoms with Crippen molar-refractivity contribution in [2.45, 2.75) is 26.4 Å². The second-order valence-electron chi connectivity index (χ2n) is 5.04. The van der Waals surface area contributed by atoms with Gasteiger partial charge in [-0.2, -0.15) is 12.7 Å². The Labute approximate surface area is 114 Å². The van der Waals surface area contributed by atoms with Crippen molar-refractivity contribution in [3.05, 3.63) is 35.9 Å². The van der Waals surface area contributed by atoms with Gasteiger partial charge in [-0.3, -0.25) is 4.79 Å². The molecule has 1 aliphatic rings. The van der Waals surface area contributed by atoms with E-state index in [-0.39, 0.29) is 18.4 Å². The topological polar surface area (TPSA) is 57.7 Å². The van der Waals surface area contributed by atoms with Crippen LogP contribution in [0.5, 0.6) is 0 Å². The summed E-state index contributed by atoms with van der Waals surface area (Å²) in [6.45, 7) is 3.79. The first kappa shape index (κ1) is 14.0. The average molecular weight is 282 g/mol. The monoisotopic (exact) mass is 282 g/mol. The molecule has 1 fully saturated rings. The Hall–Kier alpha value is -1.40. The van der Waals surface area contributed by atoms with Gasteiger partial charge in [-0.25, -0.2) is 4.31 Å². The molecule has 1 unspecified atom stereocenters. The molecular weight excluding hydrogens is 264 g/mol. The van der Waals surface area contributed by atoms with Gasteiger partial charge in [0.05, 0.1) is 6.54 Å². The van der Waals surface area contributed by atoms with Crippen LogP contribution in [0.15, 0.2) is 30.3 Å². The number of hydrogen-bond donors (Lipinski definition) is 0. The fraction of sp³-hybridized carbons (Fsp3) is 0.462. The molecule has 0 saturated carbocycles. The molecule has 6 heteroatoms. The summed E-state index contributed by atoms with van der Waals surface area (Å²) in [4.78, 5) is 12.3. The number of hydrogen-bond acceptors (Lipinski definition) is 3. The van der Waals surface area contributed by atoms with E-state index in [9.17, 15) is 13.2 Å². The van der Waals surface area contributed by atoms with Crippen molar-refractivity contribution in [3.63, 3.8) is 0 Å². The van der Waals surface area contributed by atoms with Gasteiger partial charge in [0, 0.05) is 7.05 Å². The normalized spacial score (nSPS) is 23.3. The highest BCUT2D eigenvalue weighted by atomic mass is 32.2. The van der Waals surface area contributed by atoms with Gasteiger partial charge in [0.15, 0.2) is 0 Å². The standard InChI is InChI=1S/C13H18N2O3S/c1-10(2)12-13(16)15(19(17,18)14(12)3)9-11-7-5-4-6-8-11/h4-8,10,12H,9H2,1-3H3. The second-order valence-corrected chi connectivity index (χ2v) is 6.96. The quantitative estimate of drug-likeness (QED) is 0.838. The van der Waals surface area contributed by atoms with Crippen LogP contribution in [0.4, 0.5) is 0 Å². The lowest BCUT2D eigenvalue weighted by atomic mass is 10.0. The molecule has 1 aliphatic heterocycles. The SMILES string of the molecule is CC(C)C1C(=O)N(Cc2ccccc2)S(=O)(=O)N1C. The third-order valence-electron chi connectivity index (χ3n) is 3.33. The Bertz CT molecular complexity index is 569. The Morgan fingerprint density at radius 3 is 2.26 bits per heavy atom. The molecule has 19 heavy (non-hydrogen) atoms. The van der Waals surface area contributed by atoms with Gasteiger partial charge in [-0.1, -0.05) is 44.2 Å². The Kier molecular flexibility index (Phi) is 3.64. The van der Waals surface area contributed by atoms with Gasteiger partial charge in [0.1, 0.15) is 6.04 Å². The third kappa shape index (κ3) is 2.37. The van der Waals surface area contributed by atoms with Crippen LogP contribution in [0.1, 0.15) is 19.4 Å². The van der Waals surface area contributed by atoms with Crippen LogP contribution in [-0.2, 0) is 21.5 Å². The first-order chi connectivity index (χ1) is 8.85. The molecule has 2 rings (SSSR count). The van der Waals surface area contributed by atoms with Gasteiger partial charge >= 0.3 is 10.2 Å². The summed E-state index contributed by atoms with van der Waals surface area (Å²) in [5.41, 5.74) is 0.803. The van der Waals surface area contributed by atoms with Crippen molar-refractivity contribution in [2.75, 3.05) is 7.05 Å². The minimum atomic E-state index is -3.69. The average Bonchev–Trinajstić information content (AvgIpc) is 2.51. The maximum absolute atomic E-state index is 12.3. The van der Waals surface area contributed by atoms with Gasteiger partial charge in [-0.05, 0) is 11.5 Å². The van der Waals surface area contributed by atoms with E-state index in [1.54, 1.807) is 0 Å². The molecule has 0 aromatic heterocycles. The maximum atomic E-state index is 12.3. The molecule has 1 heterocycles. The van der Waals surface area contributed by atoms with E-state index >= 15 is 0 Å². The smallest absolute Gasteiger partial charge is 0.272 e. The van der Waals surface area contributed by atoms with Crippen molar-refractivity contribution in [1.29, 1.82) is 0 Å². The molecular formula is C13H18N2O3S. The second kappa shape index (κ2) is 4.94. The summed E-state index contributed by atoms with van der Waals surface area (Å²) in [5, 5.41) is 0. The zero-order chi connectivity index (χ0) is 14.2. The molecule has 0 aliphatic carbocycles. The first-order valence-electron chi connectivity index (χ1n) is 6.19. The summed E-state index contributed by atoms with van der Waals surface area (Å²) in [7, 11) is -2.23. The van der Waals surface area contributed by atoms with Crippen LogP contribution in [0.3, 0.4) is 0 Å². The lowest BCUT2D eigenvalue weighted by Gasteiger charge is -2.17. The highest BCUT2D eigenvalue weighted by molar-refractivity contribution is 7.87. The van der Waals surface area contributed by atoms with Crippen LogP contribution in [0, 0.1) is 5.92 Å². The molecule has 0 spiro atoms. The largest absolute Gasteiger partial charge is 0.307 e. The van der Waals surface area contributed by atoms with E-state index < -0.39 is 16.3 Å². The van der Waals surface area contributed by atoms with Gasteiger partial charge in [0.2, 0.25) is 0 Å². The number of carbonyl (C=O) groups excluding carboxylic acids is 1. The van der Waals surface area contributed by atoms with Crippen molar-refractivity contribution in [1.82, 2.24) is 8.61 Å². The summed E-state index contributed by atoms with van der Waals surface area (Å²) >= 11 is 0. The van der Waals surface area contributed by atoms with Gasteiger partial charge in [-0.15, -0.1) is 0 Å². The fourth-order valence-electron chi connectivity index (χ4n) is 2.33. The zero-order valence-corrected chi connectivity index (χ0v) is 12.1. The van der Waals surface area contributed by atoms with E-state index in [1.807, 2.05) is 44.2 Å². The summed E-state index contributed by atoms with van der Waals surface area (Å²) in [6, 6.07) is 8.52. The molecule has 5 nitrogen and oxygen atoms in total. The highest BCUT2D eigenvalue weighted by Gasteiger charge is 2.49. The van der Waals surface area contributed by atoms with E-state index in [0.29, 0.717) is 0 Å². The van der Waals surface area contributed by atoms with E-state index in [0.717, 1.165) is 9.87 Å². The lowest BCUT2D eigenvalue weighted by Crippen LogP contribution is -2.36. The summed E-state index contributed by atoms with van der Waals surface area (Å²) in [5.74, 6) is -0.394. The Morgan fingerprint density at radius 2 is 1.79 bits per heavy atom. The lowest BCUT2D eigenvalue weighted by molar-refractivity contribution is -0.129. The highest BCUT2D eigenvalue weighted by Crippen LogP contribution is 2.28. The van der Waals surface area contributed by atoms with Gasteiger partial charge < -0.3 is 0 Å². The van der Waals surface area contributed by atoms with E-state index in [2.05, 4.69) is 0 Å². The number of benzene rings is 1. The third-order valence-corrected chi connectivity index (χ3v) is 5.15. The fourth-order valence-corrected chi connectivity index (χ4v) is 3.91. The minimum Gasteiger partial charge on any atom is -0.272 e. The number of carbonyl (C=O) groups is 1. The molecule has 1 aromatic rings. The molecule has 1 amide bonds. The van der Waals surface area contributed by atoms with Crippen LogP contribution >= 0.6 is 0 Å². The van der Waals surface area contributed by atoms with Crippen LogP contribution in [0.25, 0.3) is 0 Å². The molecule has 0 N–H and O–H groups in total. The van der Waals surface area contributed by atoms with Crippen molar-refractivity contribution in [3.8, 4) is 0 Å². The molecule has 1 aromatic carbocycles. The summed E-state index contributed by atoms with van der Waals surface area (Å²) in [6.07, 6.45) is 0. The number of nitrogens with zero attached hydrogens (tertiary/aromatic N) is 2. The predicted molar refractivity (Wildman–Crippen MR) is 72.3 cm³/mol. The number of amides is 1. The number of rotatable bonds is 3. The summed E-state index contributed by atoms with van der Waals surface area (Å²) < 4.78 is 26.6. The van der Waals surface area contributed by atoms with E-state index in [1.165, 1.54) is 11.4 Å². The van der Waals surface area contributed by atoms with E-state index in [4.69, 9.17) is 0 Å². The van der Waals surface area contributed by atoms with Crippen LogP contribution in [0.2, 0.25) is 0 Å². The van der Waals surface area contributed by atoms with Crippen molar-refractivity contribution >= 4 is 16.1 Å². The molecule has 1 atom stereocenters. The predicted octanol–water partition coefficient (Wildman–Crippen LogP) is 1.23. The van der Waals surface area contributed by atoms with Crippen molar-refractivity contribution < 1.29 is 13.2 Å². The zero-order valence-electron chi connectivity index (χ0n) is 11.3. The minimum absolute atomic E-state index is 0.0481. The molecule has 1 saturated heterocycles. The van der Waals surface area contributed by atoms with Crippen LogP contribution in [-0.4, -0.2) is 36.0 Å². The first-order valence-corrected chi connectivity index (χ1v) is 7.59. The maximum Gasteiger partial charge on any atom is 0.307 e. The Balaban J connectivity index is 2.33. The molecule has 0 radical (unpaired) electrons. The molecule has 104 valence electrons. The van der Waals surface area contributed by atoms with Crippen LogP contribution < -0.4 is 0 Å². The Morgan fingerprint density at radius 1 is 1.21 bits per heavy atom. The number of likely N-dealkylation sites (N-methyl/N-ethyl adjacent to an activating group) is 1. The van der Waals surface area contributed by atoms with Crippen molar-refractivity contribution in [2.24, 2.45) is 5.92 Å². The molecule has 0 bridgehead atoms.